The van der Waals surface area contributed by atoms with E-state index in [9.17, 15) is 0 Å². The Kier molecular flexibility index (Phi) is 5.68. The Balaban J connectivity index is 1.26. The standard InChI is InChI=1S/C40H25N3S/c1-3-11-26(12-4-1)27-19-22-30(23-20-27)43-34-17-9-7-15-31(34)33-25-29(21-24-35(33)43)37-39-38(32-16-8-10-18-36(32)44-39)42-40(41-37)28-13-5-2-6-14-28/h1-25H. The fourth-order valence-corrected chi connectivity index (χ4v) is 7.49. The number of hydrogen-bond acceptors (Lipinski definition) is 3. The molecule has 0 bridgehead atoms. The predicted molar refractivity (Wildman–Crippen MR) is 186 cm³/mol. The molecule has 0 saturated heterocycles. The Labute approximate surface area is 258 Å². The van der Waals surface area contributed by atoms with Gasteiger partial charge in [0.25, 0.3) is 0 Å². The summed E-state index contributed by atoms with van der Waals surface area (Å²) < 4.78 is 4.71. The fourth-order valence-electron chi connectivity index (χ4n) is 6.33. The summed E-state index contributed by atoms with van der Waals surface area (Å²) in [4.78, 5) is 10.3. The second-order valence-corrected chi connectivity index (χ2v) is 12.1. The molecule has 0 atom stereocenters. The van der Waals surface area contributed by atoms with Crippen LogP contribution in [0.4, 0.5) is 0 Å². The maximum absolute atomic E-state index is 5.22. The van der Waals surface area contributed by atoms with Crippen LogP contribution in [0.5, 0.6) is 0 Å². The third-order valence-electron chi connectivity index (χ3n) is 8.43. The highest BCUT2D eigenvalue weighted by atomic mass is 32.1. The lowest BCUT2D eigenvalue weighted by atomic mass is 10.1. The zero-order valence-electron chi connectivity index (χ0n) is 23.7. The van der Waals surface area contributed by atoms with Gasteiger partial charge in [0.05, 0.1) is 26.9 Å². The van der Waals surface area contributed by atoms with Crippen LogP contribution in [0.25, 0.3) is 81.6 Å². The number of para-hydroxylation sites is 1. The third kappa shape index (κ3) is 3.96. The van der Waals surface area contributed by atoms with Gasteiger partial charge in [-0.15, -0.1) is 11.3 Å². The second kappa shape index (κ2) is 10.0. The molecule has 9 rings (SSSR count). The van der Waals surface area contributed by atoms with E-state index in [0.717, 1.165) is 38.5 Å². The summed E-state index contributed by atoms with van der Waals surface area (Å²) in [6.45, 7) is 0. The highest BCUT2D eigenvalue weighted by molar-refractivity contribution is 7.26. The van der Waals surface area contributed by atoms with Crippen molar-refractivity contribution in [1.29, 1.82) is 0 Å². The topological polar surface area (TPSA) is 30.7 Å². The summed E-state index contributed by atoms with van der Waals surface area (Å²) in [6, 6.07) is 53.7. The number of nitrogens with zero attached hydrogens (tertiary/aromatic N) is 3. The Morgan fingerprint density at radius 2 is 1.07 bits per heavy atom. The molecule has 4 heteroatoms. The van der Waals surface area contributed by atoms with E-state index in [1.807, 2.05) is 18.2 Å². The monoisotopic (exact) mass is 579 g/mol. The van der Waals surface area contributed by atoms with Crippen molar-refractivity contribution < 1.29 is 0 Å². The maximum Gasteiger partial charge on any atom is 0.160 e. The minimum atomic E-state index is 0.748. The predicted octanol–water partition coefficient (Wildman–Crippen LogP) is 10.9. The lowest BCUT2D eigenvalue weighted by Gasteiger charge is -2.10. The smallest absolute Gasteiger partial charge is 0.160 e. The molecule has 0 radical (unpaired) electrons. The lowest BCUT2D eigenvalue weighted by molar-refractivity contribution is 1.18. The SMILES string of the molecule is c1ccc(-c2ccc(-n3c4ccccc4c4cc(-c5nc(-c6ccccc6)nc6c5sc5ccccc56)ccc43)cc2)cc1. The van der Waals surface area contributed by atoms with Crippen molar-refractivity contribution in [1.82, 2.24) is 14.5 Å². The van der Waals surface area contributed by atoms with Gasteiger partial charge in [0.1, 0.15) is 0 Å². The van der Waals surface area contributed by atoms with E-state index < -0.39 is 0 Å². The summed E-state index contributed by atoms with van der Waals surface area (Å²) in [7, 11) is 0. The van der Waals surface area contributed by atoms with Crippen molar-refractivity contribution >= 4 is 53.4 Å². The summed E-state index contributed by atoms with van der Waals surface area (Å²) in [6.07, 6.45) is 0. The molecule has 3 nitrogen and oxygen atoms in total. The molecule has 6 aromatic carbocycles. The molecule has 0 aliphatic carbocycles. The summed E-state index contributed by atoms with van der Waals surface area (Å²) in [5, 5.41) is 3.60. The van der Waals surface area contributed by atoms with E-state index in [1.54, 1.807) is 11.3 Å². The van der Waals surface area contributed by atoms with Gasteiger partial charge in [0.15, 0.2) is 5.82 Å². The van der Waals surface area contributed by atoms with Crippen LogP contribution in [-0.4, -0.2) is 14.5 Å². The van der Waals surface area contributed by atoms with Crippen molar-refractivity contribution in [3.8, 4) is 39.5 Å². The van der Waals surface area contributed by atoms with Crippen LogP contribution >= 0.6 is 11.3 Å². The van der Waals surface area contributed by atoms with Gasteiger partial charge in [-0.25, -0.2) is 9.97 Å². The minimum absolute atomic E-state index is 0.748. The lowest BCUT2D eigenvalue weighted by Crippen LogP contribution is -1.95. The van der Waals surface area contributed by atoms with Gasteiger partial charge in [-0.3, -0.25) is 0 Å². The van der Waals surface area contributed by atoms with Gasteiger partial charge in [0, 0.05) is 37.7 Å². The normalized spacial score (nSPS) is 11.6. The summed E-state index contributed by atoms with van der Waals surface area (Å²) in [5.41, 5.74) is 10.0. The Morgan fingerprint density at radius 1 is 0.455 bits per heavy atom. The number of benzene rings is 6. The van der Waals surface area contributed by atoms with Crippen molar-refractivity contribution in [2.45, 2.75) is 0 Å². The van der Waals surface area contributed by atoms with Crippen LogP contribution in [0.15, 0.2) is 152 Å². The quantitative estimate of drug-likeness (QED) is 0.208. The van der Waals surface area contributed by atoms with Crippen molar-refractivity contribution in [2.75, 3.05) is 0 Å². The number of fused-ring (bicyclic) bond motifs is 6. The Hall–Kier alpha value is -5.58. The summed E-state index contributed by atoms with van der Waals surface area (Å²) >= 11 is 1.77. The first-order chi connectivity index (χ1) is 21.8. The highest BCUT2D eigenvalue weighted by Gasteiger charge is 2.19. The van der Waals surface area contributed by atoms with Gasteiger partial charge < -0.3 is 4.57 Å². The molecule has 0 spiro atoms. The Bertz CT molecular complexity index is 2470. The average Bonchev–Trinajstić information content (AvgIpc) is 3.64. The van der Waals surface area contributed by atoms with Crippen molar-refractivity contribution in [3.63, 3.8) is 0 Å². The fraction of sp³-hybridized carbons (Fsp3) is 0. The minimum Gasteiger partial charge on any atom is -0.309 e. The molecule has 0 fully saturated rings. The number of hydrogen-bond donors (Lipinski definition) is 0. The first kappa shape index (κ1) is 25.0. The Morgan fingerprint density at radius 3 is 1.86 bits per heavy atom. The molecule has 0 N–H and O–H groups in total. The van der Waals surface area contributed by atoms with Crippen LogP contribution < -0.4 is 0 Å². The molecule has 0 saturated carbocycles. The zero-order chi connectivity index (χ0) is 29.0. The van der Waals surface area contributed by atoms with Gasteiger partial charge in [0.2, 0.25) is 0 Å². The van der Waals surface area contributed by atoms with Crippen LogP contribution in [-0.2, 0) is 0 Å². The molecule has 0 aliphatic heterocycles. The van der Waals surface area contributed by atoms with E-state index in [0.29, 0.717) is 0 Å². The molecular formula is C40H25N3S. The van der Waals surface area contributed by atoms with Crippen LogP contribution in [0.2, 0.25) is 0 Å². The molecular weight excluding hydrogens is 555 g/mol. The van der Waals surface area contributed by atoms with E-state index in [-0.39, 0.29) is 0 Å². The van der Waals surface area contributed by atoms with Gasteiger partial charge in [-0.2, -0.15) is 0 Å². The zero-order valence-corrected chi connectivity index (χ0v) is 24.5. The van der Waals surface area contributed by atoms with Gasteiger partial charge in [-0.1, -0.05) is 115 Å². The largest absolute Gasteiger partial charge is 0.309 e. The second-order valence-electron chi connectivity index (χ2n) is 11.0. The average molecular weight is 580 g/mol. The van der Waals surface area contributed by atoms with Crippen molar-refractivity contribution in [3.05, 3.63) is 152 Å². The molecule has 3 aromatic heterocycles. The molecule has 9 aromatic rings. The van der Waals surface area contributed by atoms with Gasteiger partial charge in [-0.05, 0) is 47.5 Å². The molecule has 44 heavy (non-hydrogen) atoms. The summed E-state index contributed by atoms with van der Waals surface area (Å²) in [5.74, 6) is 0.748. The van der Waals surface area contributed by atoms with Gasteiger partial charge >= 0.3 is 0 Å². The van der Waals surface area contributed by atoms with Crippen LogP contribution in [0.3, 0.4) is 0 Å². The molecule has 0 amide bonds. The maximum atomic E-state index is 5.22. The first-order valence-electron chi connectivity index (χ1n) is 14.8. The molecule has 206 valence electrons. The first-order valence-corrected chi connectivity index (χ1v) is 15.6. The third-order valence-corrected chi connectivity index (χ3v) is 9.60. The highest BCUT2D eigenvalue weighted by Crippen LogP contribution is 2.41. The van der Waals surface area contributed by atoms with E-state index >= 15 is 0 Å². The van der Waals surface area contributed by atoms with E-state index in [2.05, 4.69) is 138 Å². The van der Waals surface area contributed by atoms with Crippen LogP contribution in [0, 0.1) is 0 Å². The number of rotatable bonds is 4. The molecule has 0 unspecified atom stereocenters. The van der Waals surface area contributed by atoms with E-state index in [4.69, 9.17) is 9.97 Å². The van der Waals surface area contributed by atoms with Crippen LogP contribution in [0.1, 0.15) is 0 Å². The number of thiophene rings is 1. The van der Waals surface area contributed by atoms with E-state index in [1.165, 1.54) is 43.0 Å². The molecule has 3 heterocycles. The molecule has 0 aliphatic rings. The van der Waals surface area contributed by atoms with Crippen molar-refractivity contribution in [2.24, 2.45) is 0 Å². The number of aromatic nitrogens is 3.